The predicted molar refractivity (Wildman–Crippen MR) is 116 cm³/mol. The normalized spacial score (nSPS) is 17.3. The number of nitrogens with zero attached hydrogens (tertiary/aromatic N) is 4. The standard InChI is InChI=1S/C21H30N6OS/c1-12-23-20-16(14-8-7-13(21(2,3)4)11-15(14)29-20)18-24-17(25-27(12)18)19(28)22-9-10-26(5)6/h13H,7-11H2,1-6H3,(H,22,28)/p+1/t13-/m0/s1. The molecule has 0 radical (unpaired) electrons. The van der Waals surface area contributed by atoms with Crippen LogP contribution in [0.3, 0.4) is 0 Å². The molecule has 0 aromatic carbocycles. The summed E-state index contributed by atoms with van der Waals surface area (Å²) in [6.07, 6.45) is 3.31. The van der Waals surface area contributed by atoms with E-state index >= 15 is 0 Å². The Balaban J connectivity index is 1.73. The van der Waals surface area contributed by atoms with E-state index in [4.69, 9.17) is 4.98 Å². The van der Waals surface area contributed by atoms with E-state index in [1.54, 1.807) is 15.9 Å². The van der Waals surface area contributed by atoms with Crippen LogP contribution in [0.1, 0.15) is 54.1 Å². The van der Waals surface area contributed by atoms with Crippen LogP contribution in [0.4, 0.5) is 0 Å². The molecule has 29 heavy (non-hydrogen) atoms. The van der Waals surface area contributed by atoms with Crippen molar-refractivity contribution < 1.29 is 9.69 Å². The smallest absolute Gasteiger partial charge is 0.291 e. The summed E-state index contributed by atoms with van der Waals surface area (Å²) in [7, 11) is 4.12. The monoisotopic (exact) mass is 415 g/mol. The van der Waals surface area contributed by atoms with E-state index in [0.29, 0.717) is 17.9 Å². The Morgan fingerprint density at radius 3 is 2.76 bits per heavy atom. The number of thiophene rings is 1. The lowest BCUT2D eigenvalue weighted by atomic mass is 9.72. The Labute approximate surface area is 175 Å². The molecule has 7 nitrogen and oxygen atoms in total. The fourth-order valence-electron chi connectivity index (χ4n) is 4.12. The third-order valence-electron chi connectivity index (χ3n) is 5.99. The molecule has 3 aromatic rings. The third kappa shape index (κ3) is 3.75. The highest BCUT2D eigenvalue weighted by Crippen LogP contribution is 2.43. The molecule has 156 valence electrons. The van der Waals surface area contributed by atoms with Crippen molar-refractivity contribution >= 4 is 33.1 Å². The number of quaternary nitrogens is 1. The van der Waals surface area contributed by atoms with E-state index < -0.39 is 0 Å². The molecule has 1 amide bonds. The number of likely N-dealkylation sites (N-methyl/N-ethyl adjacent to an activating group) is 1. The van der Waals surface area contributed by atoms with E-state index in [1.165, 1.54) is 21.8 Å². The van der Waals surface area contributed by atoms with E-state index in [9.17, 15) is 4.79 Å². The number of carbonyl (C=O) groups is 1. The lowest BCUT2D eigenvalue weighted by Gasteiger charge is -2.33. The van der Waals surface area contributed by atoms with Gasteiger partial charge in [0.2, 0.25) is 5.82 Å². The lowest BCUT2D eigenvalue weighted by Crippen LogP contribution is -3.06. The van der Waals surface area contributed by atoms with Crippen LogP contribution >= 0.6 is 11.3 Å². The minimum absolute atomic E-state index is 0.222. The number of hydrogen-bond acceptors (Lipinski definition) is 5. The van der Waals surface area contributed by atoms with Crippen LogP contribution in [0.25, 0.3) is 15.9 Å². The zero-order chi connectivity index (χ0) is 20.9. The molecule has 0 fully saturated rings. The van der Waals surface area contributed by atoms with E-state index in [1.807, 2.05) is 6.92 Å². The average molecular weight is 416 g/mol. The first-order valence-electron chi connectivity index (χ1n) is 10.4. The van der Waals surface area contributed by atoms with Gasteiger partial charge in [-0.15, -0.1) is 16.4 Å². The van der Waals surface area contributed by atoms with E-state index in [-0.39, 0.29) is 11.7 Å². The predicted octanol–water partition coefficient (Wildman–Crippen LogP) is 1.67. The van der Waals surface area contributed by atoms with Crippen LogP contribution in [-0.4, -0.2) is 52.7 Å². The lowest BCUT2D eigenvalue weighted by molar-refractivity contribution is -0.856. The molecule has 0 saturated heterocycles. The first-order valence-corrected chi connectivity index (χ1v) is 11.2. The van der Waals surface area contributed by atoms with Crippen LogP contribution in [0.2, 0.25) is 0 Å². The largest absolute Gasteiger partial charge is 0.344 e. The molecule has 0 aliphatic heterocycles. The van der Waals surface area contributed by atoms with Gasteiger partial charge >= 0.3 is 0 Å². The zero-order valence-electron chi connectivity index (χ0n) is 18.2. The number of amides is 1. The maximum atomic E-state index is 12.5. The molecule has 1 aliphatic carbocycles. The fourth-order valence-corrected chi connectivity index (χ4v) is 5.45. The van der Waals surface area contributed by atoms with Crippen molar-refractivity contribution in [2.45, 2.75) is 47.0 Å². The Morgan fingerprint density at radius 1 is 1.31 bits per heavy atom. The van der Waals surface area contributed by atoms with Gasteiger partial charge in [-0.25, -0.2) is 9.97 Å². The number of nitrogens with one attached hydrogen (secondary N) is 2. The SMILES string of the molecule is Cc1nc2sc3c(c2c2nc(C(=O)NCC[NH+](C)C)nn12)CC[C@H](C(C)(C)C)C3. The summed E-state index contributed by atoms with van der Waals surface area (Å²) in [5.41, 5.74) is 2.43. The Hall–Kier alpha value is -2.06. The van der Waals surface area contributed by atoms with Gasteiger partial charge in [0.05, 0.1) is 32.6 Å². The molecule has 2 N–H and O–H groups in total. The second kappa shape index (κ2) is 7.32. The van der Waals surface area contributed by atoms with Crippen LogP contribution in [0.5, 0.6) is 0 Å². The molecule has 0 spiro atoms. The van der Waals surface area contributed by atoms with Crippen molar-refractivity contribution in [2.24, 2.45) is 11.3 Å². The first-order chi connectivity index (χ1) is 13.6. The maximum Gasteiger partial charge on any atom is 0.291 e. The minimum Gasteiger partial charge on any atom is -0.344 e. The molecular weight excluding hydrogens is 384 g/mol. The summed E-state index contributed by atoms with van der Waals surface area (Å²) in [6, 6.07) is 0. The van der Waals surface area contributed by atoms with Gasteiger partial charge in [-0.1, -0.05) is 20.8 Å². The third-order valence-corrected chi connectivity index (χ3v) is 7.13. The molecule has 3 heterocycles. The van der Waals surface area contributed by atoms with Crippen LogP contribution in [-0.2, 0) is 12.8 Å². The molecule has 4 rings (SSSR count). The highest BCUT2D eigenvalue weighted by atomic mass is 32.1. The van der Waals surface area contributed by atoms with E-state index in [0.717, 1.165) is 41.1 Å². The Bertz CT molecular complexity index is 1070. The molecule has 8 heteroatoms. The number of carbonyl (C=O) groups excluding carboxylic acids is 1. The number of hydrogen-bond donors (Lipinski definition) is 2. The van der Waals surface area contributed by atoms with Gasteiger partial charge in [0, 0.05) is 4.88 Å². The maximum absolute atomic E-state index is 12.5. The summed E-state index contributed by atoms with van der Waals surface area (Å²) in [6.45, 7) is 10.4. The molecule has 1 atom stereocenters. The molecule has 1 aliphatic rings. The molecule has 3 aromatic heterocycles. The van der Waals surface area contributed by atoms with Crippen LogP contribution < -0.4 is 10.2 Å². The minimum atomic E-state index is -0.223. The number of aromatic nitrogens is 4. The van der Waals surface area contributed by atoms with E-state index in [2.05, 4.69) is 50.3 Å². The second-order valence-electron chi connectivity index (χ2n) is 9.53. The van der Waals surface area contributed by atoms with Gasteiger partial charge in [0.1, 0.15) is 10.7 Å². The molecular formula is C21H31N6OS+. The van der Waals surface area contributed by atoms with Crippen molar-refractivity contribution in [2.75, 3.05) is 27.2 Å². The van der Waals surface area contributed by atoms with Gasteiger partial charge in [-0.3, -0.25) is 4.79 Å². The molecule has 0 unspecified atom stereocenters. The highest BCUT2D eigenvalue weighted by molar-refractivity contribution is 7.19. The van der Waals surface area contributed by atoms with Crippen molar-refractivity contribution in [1.82, 2.24) is 24.9 Å². The van der Waals surface area contributed by atoms with Crippen LogP contribution in [0.15, 0.2) is 0 Å². The average Bonchev–Trinajstić information content (AvgIpc) is 3.21. The zero-order valence-corrected chi connectivity index (χ0v) is 19.0. The van der Waals surface area contributed by atoms with Gasteiger partial charge in [-0.2, -0.15) is 4.52 Å². The number of aryl methyl sites for hydroxylation is 2. The van der Waals surface area contributed by atoms with Gasteiger partial charge in [0.25, 0.3) is 5.91 Å². The molecule has 0 saturated carbocycles. The number of rotatable bonds is 4. The van der Waals surface area contributed by atoms with Gasteiger partial charge < -0.3 is 10.2 Å². The fraction of sp³-hybridized carbons (Fsp3) is 0.619. The summed E-state index contributed by atoms with van der Waals surface area (Å²) in [5.74, 6) is 1.44. The van der Waals surface area contributed by atoms with Gasteiger partial charge in [0.15, 0.2) is 5.65 Å². The highest BCUT2D eigenvalue weighted by Gasteiger charge is 2.32. The molecule has 0 bridgehead atoms. The summed E-state index contributed by atoms with van der Waals surface area (Å²) >= 11 is 1.79. The van der Waals surface area contributed by atoms with Gasteiger partial charge in [-0.05, 0) is 43.1 Å². The van der Waals surface area contributed by atoms with Crippen molar-refractivity contribution in [1.29, 1.82) is 0 Å². The Morgan fingerprint density at radius 2 is 2.07 bits per heavy atom. The Kier molecular flexibility index (Phi) is 5.11. The van der Waals surface area contributed by atoms with Crippen molar-refractivity contribution in [3.05, 3.63) is 22.1 Å². The van der Waals surface area contributed by atoms with Crippen LogP contribution in [0, 0.1) is 18.3 Å². The summed E-state index contributed by atoms with van der Waals surface area (Å²) in [4.78, 5) is 25.7. The summed E-state index contributed by atoms with van der Waals surface area (Å²) in [5, 5.41) is 8.48. The quantitative estimate of drug-likeness (QED) is 0.680. The van der Waals surface area contributed by atoms with Crippen molar-refractivity contribution in [3.63, 3.8) is 0 Å². The first kappa shape index (κ1) is 20.2. The second-order valence-corrected chi connectivity index (χ2v) is 10.6. The topological polar surface area (TPSA) is 76.6 Å². The number of fused-ring (bicyclic) bond motifs is 5. The van der Waals surface area contributed by atoms with Crippen molar-refractivity contribution in [3.8, 4) is 0 Å². The summed E-state index contributed by atoms with van der Waals surface area (Å²) < 4.78 is 1.73.